The third kappa shape index (κ3) is 4.79. The number of amides is 2. The first kappa shape index (κ1) is 17.0. The van der Waals surface area contributed by atoms with E-state index in [1.54, 1.807) is 13.2 Å². The van der Waals surface area contributed by atoms with Gasteiger partial charge in [-0.15, -0.1) is 0 Å². The summed E-state index contributed by atoms with van der Waals surface area (Å²) in [6.07, 6.45) is 1.34. The fourth-order valence-corrected chi connectivity index (χ4v) is 2.09. The number of benzene rings is 1. The quantitative estimate of drug-likeness (QED) is 0.822. The van der Waals surface area contributed by atoms with Gasteiger partial charge in [-0.3, -0.25) is 9.59 Å². The molecule has 0 saturated heterocycles. The number of rotatable bonds is 5. The number of hydrogen-bond donors (Lipinski definition) is 2. The van der Waals surface area contributed by atoms with Crippen LogP contribution in [0.4, 0.5) is 10.1 Å². The Labute approximate surface area is 137 Å². The van der Waals surface area contributed by atoms with Crippen molar-refractivity contribution in [3.8, 4) is 0 Å². The van der Waals surface area contributed by atoms with Crippen LogP contribution in [0, 0.1) is 12.7 Å². The third-order valence-corrected chi connectivity index (χ3v) is 3.37. The molecule has 8 heteroatoms. The highest BCUT2D eigenvalue weighted by Crippen LogP contribution is 2.19. The standard InChI is InChI=1S/C15H16ClFN4O2/c1-9-7-18-13(19-9)8-21(2)15(23)6-14(22)20-10-3-4-12(17)11(16)5-10/h3-5,7H,6,8H2,1-2H3,(H,18,19)(H,20,22). The molecule has 0 aliphatic heterocycles. The summed E-state index contributed by atoms with van der Waals surface area (Å²) in [6.45, 7) is 2.14. The zero-order valence-corrected chi connectivity index (χ0v) is 13.4. The average Bonchev–Trinajstić information content (AvgIpc) is 2.88. The van der Waals surface area contributed by atoms with Crippen molar-refractivity contribution in [2.45, 2.75) is 19.9 Å². The van der Waals surface area contributed by atoms with Gasteiger partial charge >= 0.3 is 0 Å². The molecule has 0 unspecified atom stereocenters. The Kier molecular flexibility index (Phi) is 5.33. The fourth-order valence-electron chi connectivity index (χ4n) is 1.91. The Balaban J connectivity index is 1.88. The van der Waals surface area contributed by atoms with E-state index >= 15 is 0 Å². The van der Waals surface area contributed by atoms with E-state index in [4.69, 9.17) is 11.6 Å². The second kappa shape index (κ2) is 7.23. The Morgan fingerprint density at radius 3 is 2.78 bits per heavy atom. The number of aromatic amines is 1. The maximum absolute atomic E-state index is 13.0. The van der Waals surface area contributed by atoms with Crippen LogP contribution in [0.1, 0.15) is 17.9 Å². The van der Waals surface area contributed by atoms with Gasteiger partial charge < -0.3 is 15.2 Å². The number of carbonyl (C=O) groups is 2. The summed E-state index contributed by atoms with van der Waals surface area (Å²) in [5.74, 6) is -0.789. The van der Waals surface area contributed by atoms with Crippen LogP contribution in [0.25, 0.3) is 0 Å². The molecule has 2 rings (SSSR count). The molecule has 0 spiro atoms. The number of aromatic nitrogens is 2. The van der Waals surface area contributed by atoms with Crippen LogP contribution in [0.2, 0.25) is 5.02 Å². The van der Waals surface area contributed by atoms with Gasteiger partial charge in [0.15, 0.2) is 0 Å². The summed E-state index contributed by atoms with van der Waals surface area (Å²) in [4.78, 5) is 32.4. The Bertz CT molecular complexity index is 732. The van der Waals surface area contributed by atoms with Gasteiger partial charge in [-0.2, -0.15) is 0 Å². The molecule has 0 fully saturated rings. The maximum atomic E-state index is 13.0. The average molecular weight is 339 g/mol. The molecule has 0 radical (unpaired) electrons. The first-order chi connectivity index (χ1) is 10.8. The van der Waals surface area contributed by atoms with Crippen LogP contribution >= 0.6 is 11.6 Å². The minimum atomic E-state index is -0.575. The predicted molar refractivity (Wildman–Crippen MR) is 84.5 cm³/mol. The molecule has 6 nitrogen and oxygen atoms in total. The molecule has 1 aromatic carbocycles. The summed E-state index contributed by atoms with van der Waals surface area (Å²) in [5.41, 5.74) is 1.23. The summed E-state index contributed by atoms with van der Waals surface area (Å²) in [7, 11) is 1.59. The van der Waals surface area contributed by atoms with Gasteiger partial charge in [0, 0.05) is 24.6 Å². The SMILES string of the molecule is Cc1cnc(CN(C)C(=O)CC(=O)Nc2ccc(F)c(Cl)c2)[nH]1. The molecule has 2 amide bonds. The lowest BCUT2D eigenvalue weighted by Crippen LogP contribution is -2.30. The second-order valence-corrected chi connectivity index (χ2v) is 5.52. The van der Waals surface area contributed by atoms with Crippen LogP contribution in [-0.4, -0.2) is 33.7 Å². The smallest absolute Gasteiger partial charge is 0.233 e. The van der Waals surface area contributed by atoms with Crippen molar-refractivity contribution in [2.75, 3.05) is 12.4 Å². The van der Waals surface area contributed by atoms with E-state index in [1.165, 1.54) is 17.0 Å². The van der Waals surface area contributed by atoms with Crippen LogP contribution in [-0.2, 0) is 16.1 Å². The summed E-state index contributed by atoms with van der Waals surface area (Å²) in [5, 5.41) is 2.40. The second-order valence-electron chi connectivity index (χ2n) is 5.12. The van der Waals surface area contributed by atoms with Crippen molar-refractivity contribution < 1.29 is 14.0 Å². The van der Waals surface area contributed by atoms with Gasteiger partial charge in [-0.1, -0.05) is 11.6 Å². The third-order valence-electron chi connectivity index (χ3n) is 3.08. The molecule has 1 aromatic heterocycles. The molecule has 0 bridgehead atoms. The molecule has 122 valence electrons. The largest absolute Gasteiger partial charge is 0.345 e. The molecule has 0 aliphatic rings. The van der Waals surface area contributed by atoms with Crippen molar-refractivity contribution >= 4 is 29.1 Å². The number of aryl methyl sites for hydroxylation is 1. The fraction of sp³-hybridized carbons (Fsp3) is 0.267. The first-order valence-corrected chi connectivity index (χ1v) is 7.22. The van der Waals surface area contributed by atoms with Crippen LogP contribution < -0.4 is 5.32 Å². The molecule has 23 heavy (non-hydrogen) atoms. The van der Waals surface area contributed by atoms with Gasteiger partial charge in [-0.25, -0.2) is 9.37 Å². The van der Waals surface area contributed by atoms with E-state index in [0.29, 0.717) is 11.5 Å². The number of anilines is 1. The molecule has 0 saturated carbocycles. The van der Waals surface area contributed by atoms with E-state index in [-0.39, 0.29) is 23.9 Å². The Morgan fingerprint density at radius 2 is 2.17 bits per heavy atom. The van der Waals surface area contributed by atoms with Crippen LogP contribution in [0.3, 0.4) is 0 Å². The summed E-state index contributed by atoms with van der Waals surface area (Å²) < 4.78 is 13.0. The van der Waals surface area contributed by atoms with E-state index in [0.717, 1.165) is 11.8 Å². The van der Waals surface area contributed by atoms with E-state index in [1.807, 2.05) is 6.92 Å². The van der Waals surface area contributed by atoms with E-state index in [9.17, 15) is 14.0 Å². The van der Waals surface area contributed by atoms with Crippen molar-refractivity contribution in [1.82, 2.24) is 14.9 Å². The van der Waals surface area contributed by atoms with E-state index in [2.05, 4.69) is 15.3 Å². The summed E-state index contributed by atoms with van der Waals surface area (Å²) >= 11 is 5.63. The normalized spacial score (nSPS) is 10.4. The number of H-pyrrole nitrogens is 1. The Hall–Kier alpha value is -2.41. The molecule has 0 aliphatic carbocycles. The first-order valence-electron chi connectivity index (χ1n) is 6.84. The van der Waals surface area contributed by atoms with Crippen LogP contribution in [0.5, 0.6) is 0 Å². The number of hydrogen-bond acceptors (Lipinski definition) is 3. The minimum absolute atomic E-state index is 0.0977. The molecule has 2 aromatic rings. The minimum Gasteiger partial charge on any atom is -0.345 e. The van der Waals surface area contributed by atoms with Crippen LogP contribution in [0.15, 0.2) is 24.4 Å². The summed E-state index contributed by atoms with van der Waals surface area (Å²) in [6, 6.07) is 3.80. The molecular formula is C15H16ClFN4O2. The topological polar surface area (TPSA) is 78.1 Å². The number of nitrogens with zero attached hydrogens (tertiary/aromatic N) is 2. The van der Waals surface area contributed by atoms with Gasteiger partial charge in [0.25, 0.3) is 0 Å². The zero-order valence-electron chi connectivity index (χ0n) is 12.7. The van der Waals surface area contributed by atoms with Gasteiger partial charge in [0.1, 0.15) is 18.1 Å². The number of carbonyl (C=O) groups excluding carboxylic acids is 2. The lowest BCUT2D eigenvalue weighted by molar-refractivity contribution is -0.134. The van der Waals surface area contributed by atoms with Gasteiger partial charge in [0.05, 0.1) is 11.6 Å². The lowest BCUT2D eigenvalue weighted by Gasteiger charge is -2.15. The van der Waals surface area contributed by atoms with Crippen molar-refractivity contribution in [3.63, 3.8) is 0 Å². The van der Waals surface area contributed by atoms with Gasteiger partial charge in [0.2, 0.25) is 11.8 Å². The number of halogens is 2. The van der Waals surface area contributed by atoms with Crippen molar-refractivity contribution in [2.24, 2.45) is 0 Å². The van der Waals surface area contributed by atoms with Crippen molar-refractivity contribution in [3.05, 3.63) is 46.8 Å². The van der Waals surface area contributed by atoms with E-state index < -0.39 is 11.7 Å². The predicted octanol–water partition coefficient (Wildman–Crippen LogP) is 2.50. The number of imidazole rings is 1. The lowest BCUT2D eigenvalue weighted by atomic mass is 10.3. The van der Waals surface area contributed by atoms with Crippen molar-refractivity contribution in [1.29, 1.82) is 0 Å². The molecular weight excluding hydrogens is 323 g/mol. The maximum Gasteiger partial charge on any atom is 0.233 e. The molecule has 0 atom stereocenters. The Morgan fingerprint density at radius 1 is 1.43 bits per heavy atom. The highest BCUT2D eigenvalue weighted by Gasteiger charge is 2.15. The highest BCUT2D eigenvalue weighted by atomic mass is 35.5. The number of nitrogens with one attached hydrogen (secondary N) is 2. The monoisotopic (exact) mass is 338 g/mol. The zero-order chi connectivity index (χ0) is 17.0. The van der Waals surface area contributed by atoms with Gasteiger partial charge in [-0.05, 0) is 25.1 Å². The molecule has 1 heterocycles. The highest BCUT2D eigenvalue weighted by molar-refractivity contribution is 6.31. The molecule has 2 N–H and O–H groups in total.